The molecule has 1 aromatic rings. The Bertz CT molecular complexity index is 312. The number of aromatic nitrogens is 1. The summed E-state index contributed by atoms with van der Waals surface area (Å²) in [7, 11) is 0. The molecule has 0 saturated carbocycles. The van der Waals surface area contributed by atoms with Crippen molar-refractivity contribution >= 4 is 12.2 Å². The largest absolute Gasteiger partial charge is 0.353 e. The van der Waals surface area contributed by atoms with Crippen LogP contribution in [0.25, 0.3) is 0 Å². The molecule has 1 fully saturated rings. The van der Waals surface area contributed by atoms with Crippen LogP contribution in [0.2, 0.25) is 0 Å². The molecule has 12 heavy (non-hydrogen) atoms. The highest BCUT2D eigenvalue weighted by atomic mass is 32.1. The van der Waals surface area contributed by atoms with Crippen LogP contribution in [0.3, 0.4) is 0 Å². The van der Waals surface area contributed by atoms with Crippen molar-refractivity contribution in [1.82, 2.24) is 10.3 Å². The average Bonchev–Trinajstić information content (AvgIpc) is 2.57. The Kier molecular flexibility index (Phi) is 2.23. The van der Waals surface area contributed by atoms with E-state index in [0.717, 1.165) is 11.2 Å². The summed E-state index contributed by atoms with van der Waals surface area (Å²) in [6.45, 7) is 1.12. The van der Waals surface area contributed by atoms with E-state index in [2.05, 4.69) is 16.4 Å². The lowest BCUT2D eigenvalue weighted by atomic mass is 10.1. The third-order valence-electron chi connectivity index (χ3n) is 2.28. The van der Waals surface area contributed by atoms with Crippen molar-refractivity contribution in [2.75, 3.05) is 6.54 Å². The molecular weight excluding hydrogens is 168 g/mol. The van der Waals surface area contributed by atoms with Crippen LogP contribution in [0, 0.1) is 4.64 Å². The van der Waals surface area contributed by atoms with Gasteiger partial charge in [0.05, 0.1) is 0 Å². The maximum absolute atomic E-state index is 5.19. The van der Waals surface area contributed by atoms with Gasteiger partial charge in [0.25, 0.3) is 0 Å². The molecule has 64 valence electrons. The molecule has 1 aliphatic heterocycles. The molecule has 0 spiro atoms. The van der Waals surface area contributed by atoms with E-state index in [1.54, 1.807) is 0 Å². The number of pyridine rings is 1. The van der Waals surface area contributed by atoms with E-state index in [1.807, 2.05) is 12.3 Å². The summed E-state index contributed by atoms with van der Waals surface area (Å²) in [4.78, 5) is 3.05. The Hall–Kier alpha value is -0.670. The van der Waals surface area contributed by atoms with E-state index in [4.69, 9.17) is 12.2 Å². The Morgan fingerprint density at radius 2 is 2.42 bits per heavy atom. The number of nitrogens with one attached hydrogen (secondary N) is 2. The molecule has 1 aromatic heterocycles. The van der Waals surface area contributed by atoms with Crippen molar-refractivity contribution in [3.05, 3.63) is 28.5 Å². The molecular formula is C9H12N2S. The maximum Gasteiger partial charge on any atom is 0.108 e. The molecule has 1 saturated heterocycles. The second-order valence-corrected chi connectivity index (χ2v) is 3.51. The number of aromatic amines is 1. The first-order chi connectivity index (χ1) is 5.88. The highest BCUT2D eigenvalue weighted by molar-refractivity contribution is 7.71. The van der Waals surface area contributed by atoms with Crippen LogP contribution >= 0.6 is 12.2 Å². The fourth-order valence-corrected chi connectivity index (χ4v) is 1.94. The predicted octanol–water partition coefficient (Wildman–Crippen LogP) is 2.17. The molecule has 0 aromatic carbocycles. The minimum Gasteiger partial charge on any atom is -0.353 e. The molecule has 0 radical (unpaired) electrons. The Labute approximate surface area is 77.0 Å². The highest BCUT2D eigenvalue weighted by Gasteiger charge is 2.16. The molecule has 2 heterocycles. The maximum atomic E-state index is 5.19. The van der Waals surface area contributed by atoms with E-state index in [0.29, 0.717) is 6.04 Å². The topological polar surface area (TPSA) is 27.8 Å². The van der Waals surface area contributed by atoms with Gasteiger partial charge >= 0.3 is 0 Å². The zero-order valence-electron chi connectivity index (χ0n) is 6.84. The highest BCUT2D eigenvalue weighted by Crippen LogP contribution is 2.22. The van der Waals surface area contributed by atoms with Crippen molar-refractivity contribution < 1.29 is 0 Å². The van der Waals surface area contributed by atoms with Gasteiger partial charge in [-0.3, -0.25) is 0 Å². The lowest BCUT2D eigenvalue weighted by Gasteiger charge is -2.09. The second kappa shape index (κ2) is 3.37. The van der Waals surface area contributed by atoms with Crippen LogP contribution in [-0.2, 0) is 0 Å². The summed E-state index contributed by atoms with van der Waals surface area (Å²) in [5.74, 6) is 0. The minimum absolute atomic E-state index is 0.481. The van der Waals surface area contributed by atoms with Crippen LogP contribution in [0.15, 0.2) is 18.3 Å². The number of rotatable bonds is 1. The van der Waals surface area contributed by atoms with Crippen LogP contribution < -0.4 is 5.32 Å². The number of hydrogen-bond donors (Lipinski definition) is 2. The van der Waals surface area contributed by atoms with Gasteiger partial charge in [-0.25, -0.2) is 0 Å². The molecule has 0 amide bonds. The van der Waals surface area contributed by atoms with E-state index < -0.39 is 0 Å². The molecule has 1 aliphatic rings. The van der Waals surface area contributed by atoms with Crippen molar-refractivity contribution in [3.8, 4) is 0 Å². The monoisotopic (exact) mass is 180 g/mol. The lowest BCUT2D eigenvalue weighted by molar-refractivity contribution is 0.643. The fraction of sp³-hybridized carbons (Fsp3) is 0.444. The average molecular weight is 180 g/mol. The van der Waals surface area contributed by atoms with Gasteiger partial charge in [-0.1, -0.05) is 18.3 Å². The lowest BCUT2D eigenvalue weighted by Crippen LogP contribution is -2.13. The zero-order chi connectivity index (χ0) is 8.39. The van der Waals surface area contributed by atoms with Crippen molar-refractivity contribution in [2.24, 2.45) is 0 Å². The van der Waals surface area contributed by atoms with Crippen LogP contribution in [0.5, 0.6) is 0 Å². The zero-order valence-corrected chi connectivity index (χ0v) is 7.66. The van der Waals surface area contributed by atoms with E-state index in [9.17, 15) is 0 Å². The quantitative estimate of drug-likeness (QED) is 0.648. The van der Waals surface area contributed by atoms with E-state index in [-0.39, 0.29) is 0 Å². The van der Waals surface area contributed by atoms with Crippen molar-refractivity contribution in [2.45, 2.75) is 18.9 Å². The van der Waals surface area contributed by atoms with Gasteiger partial charge in [-0.05, 0) is 25.5 Å². The third kappa shape index (κ3) is 1.42. The van der Waals surface area contributed by atoms with Gasteiger partial charge in [0.1, 0.15) is 4.64 Å². The van der Waals surface area contributed by atoms with Crippen LogP contribution in [0.1, 0.15) is 24.4 Å². The summed E-state index contributed by atoms with van der Waals surface area (Å²) >= 11 is 5.19. The van der Waals surface area contributed by atoms with E-state index >= 15 is 0 Å². The summed E-state index contributed by atoms with van der Waals surface area (Å²) in [6, 6.07) is 4.59. The minimum atomic E-state index is 0.481. The molecule has 1 atom stereocenters. The number of H-pyrrole nitrogens is 1. The Morgan fingerprint density at radius 1 is 1.50 bits per heavy atom. The Morgan fingerprint density at radius 3 is 3.08 bits per heavy atom. The predicted molar refractivity (Wildman–Crippen MR) is 51.6 cm³/mol. The van der Waals surface area contributed by atoms with Gasteiger partial charge in [-0.15, -0.1) is 0 Å². The van der Waals surface area contributed by atoms with Crippen LogP contribution in [0.4, 0.5) is 0 Å². The first-order valence-electron chi connectivity index (χ1n) is 4.29. The Balaban J connectivity index is 2.32. The van der Waals surface area contributed by atoms with Crippen molar-refractivity contribution in [1.29, 1.82) is 0 Å². The second-order valence-electron chi connectivity index (χ2n) is 3.10. The molecule has 2 nitrogen and oxygen atoms in total. The molecule has 0 bridgehead atoms. The van der Waals surface area contributed by atoms with Gasteiger partial charge < -0.3 is 10.3 Å². The summed E-state index contributed by atoms with van der Waals surface area (Å²) in [6.07, 6.45) is 4.34. The summed E-state index contributed by atoms with van der Waals surface area (Å²) in [5, 5.41) is 3.43. The first kappa shape index (κ1) is 7.95. The molecule has 0 unspecified atom stereocenters. The molecule has 2 rings (SSSR count). The van der Waals surface area contributed by atoms with Gasteiger partial charge in [0.15, 0.2) is 0 Å². The SMILES string of the molecule is S=c1[nH]cccc1[C@@H]1CCCN1. The molecule has 0 aliphatic carbocycles. The van der Waals surface area contributed by atoms with E-state index in [1.165, 1.54) is 18.4 Å². The van der Waals surface area contributed by atoms with Crippen LogP contribution in [-0.4, -0.2) is 11.5 Å². The molecule has 3 heteroatoms. The smallest absolute Gasteiger partial charge is 0.108 e. The molecule has 2 N–H and O–H groups in total. The van der Waals surface area contributed by atoms with Crippen molar-refractivity contribution in [3.63, 3.8) is 0 Å². The summed E-state index contributed by atoms with van der Waals surface area (Å²) in [5.41, 5.74) is 1.24. The normalized spacial score (nSPS) is 22.8. The first-order valence-corrected chi connectivity index (χ1v) is 4.70. The van der Waals surface area contributed by atoms with Gasteiger partial charge in [-0.2, -0.15) is 0 Å². The van der Waals surface area contributed by atoms with Gasteiger partial charge in [0.2, 0.25) is 0 Å². The summed E-state index contributed by atoms with van der Waals surface area (Å²) < 4.78 is 0.872. The fourth-order valence-electron chi connectivity index (χ4n) is 1.66. The standard InChI is InChI=1S/C9H12N2S/c12-9-7(3-1-6-11-9)8-4-2-5-10-8/h1,3,6,8,10H,2,4-5H2,(H,11,12)/t8-/m0/s1. The van der Waals surface area contributed by atoms with Gasteiger partial charge in [0, 0.05) is 17.8 Å². The number of hydrogen-bond acceptors (Lipinski definition) is 2. The third-order valence-corrected chi connectivity index (χ3v) is 2.64.